The van der Waals surface area contributed by atoms with Crippen LogP contribution in [-0.4, -0.2) is 12.6 Å². The van der Waals surface area contributed by atoms with Gasteiger partial charge in [-0.05, 0) is 29.5 Å². The summed E-state index contributed by atoms with van der Waals surface area (Å²) in [5, 5.41) is 3.75. The van der Waals surface area contributed by atoms with Crippen molar-refractivity contribution in [2.45, 2.75) is 30.7 Å². The number of hydrogen-bond acceptors (Lipinski definition) is 1. The molecule has 0 amide bonds. The second-order valence-corrected chi connectivity index (χ2v) is 5.87. The molecule has 0 radical (unpaired) electrons. The van der Waals surface area contributed by atoms with Gasteiger partial charge in [-0.3, -0.25) is 0 Å². The molecule has 0 spiro atoms. The van der Waals surface area contributed by atoms with Gasteiger partial charge in [0.25, 0.3) is 0 Å². The van der Waals surface area contributed by atoms with Gasteiger partial charge in [-0.25, -0.2) is 0 Å². The molecule has 3 unspecified atom stereocenters. The van der Waals surface area contributed by atoms with E-state index in [0.717, 1.165) is 18.4 Å². The van der Waals surface area contributed by atoms with E-state index in [2.05, 4.69) is 59.9 Å². The first-order valence-corrected chi connectivity index (χ1v) is 7.28. The van der Waals surface area contributed by atoms with E-state index in [1.54, 1.807) is 11.1 Å². The quantitative estimate of drug-likeness (QED) is 0.875. The predicted molar refractivity (Wildman–Crippen MR) is 78.5 cm³/mol. The number of nitrogens with one attached hydrogen (secondary N) is 1. The second kappa shape index (κ2) is 4.50. The summed E-state index contributed by atoms with van der Waals surface area (Å²) in [7, 11) is 0. The lowest BCUT2D eigenvalue weighted by atomic mass is 9.77. The van der Waals surface area contributed by atoms with E-state index in [-0.39, 0.29) is 0 Å². The molecule has 3 atom stereocenters. The van der Waals surface area contributed by atoms with Crippen LogP contribution in [0.4, 0.5) is 0 Å². The summed E-state index contributed by atoms with van der Waals surface area (Å²) in [4.78, 5) is 0. The fourth-order valence-electron chi connectivity index (χ4n) is 3.33. The molecule has 2 aromatic carbocycles. The van der Waals surface area contributed by atoms with Crippen molar-refractivity contribution in [3.05, 3.63) is 71.3 Å². The number of fused-ring (bicyclic) bond motifs is 1. The molecule has 1 N–H and O–H groups in total. The monoisotopic (exact) mass is 249 g/mol. The normalized spacial score (nSPS) is 27.5. The fraction of sp³-hybridized carbons (Fsp3) is 0.333. The van der Waals surface area contributed by atoms with Gasteiger partial charge >= 0.3 is 0 Å². The third-order valence-corrected chi connectivity index (χ3v) is 4.61. The largest absolute Gasteiger partial charge is 0.313 e. The van der Waals surface area contributed by atoms with Crippen molar-refractivity contribution in [2.75, 3.05) is 6.54 Å². The summed E-state index contributed by atoms with van der Waals surface area (Å²) in [5.74, 6) is 1.49. The van der Waals surface area contributed by atoms with E-state index in [0.29, 0.717) is 6.04 Å². The molecule has 1 fully saturated rings. The van der Waals surface area contributed by atoms with Crippen LogP contribution in [0.15, 0.2) is 54.6 Å². The van der Waals surface area contributed by atoms with Crippen LogP contribution >= 0.6 is 0 Å². The standard InChI is InChI=1S/C18H19N/c1-2-6-13(7-3-1)17-11-18(17)19-12-15-10-14-8-4-5-9-16(14)15/h1-9,15,17-19H,10-12H2. The second-order valence-electron chi connectivity index (χ2n) is 5.87. The molecule has 0 aliphatic heterocycles. The summed E-state index contributed by atoms with van der Waals surface area (Å²) in [6, 6.07) is 20.5. The van der Waals surface area contributed by atoms with Crippen LogP contribution in [0.3, 0.4) is 0 Å². The van der Waals surface area contributed by atoms with Crippen LogP contribution in [0, 0.1) is 0 Å². The van der Waals surface area contributed by atoms with Crippen molar-refractivity contribution in [3.63, 3.8) is 0 Å². The van der Waals surface area contributed by atoms with E-state index < -0.39 is 0 Å². The van der Waals surface area contributed by atoms with Gasteiger partial charge in [0, 0.05) is 24.4 Å². The maximum Gasteiger partial charge on any atom is 0.0143 e. The van der Waals surface area contributed by atoms with Crippen molar-refractivity contribution in [2.24, 2.45) is 0 Å². The number of benzene rings is 2. The molecule has 1 saturated carbocycles. The maximum atomic E-state index is 3.75. The molecule has 19 heavy (non-hydrogen) atoms. The van der Waals surface area contributed by atoms with Crippen LogP contribution in [-0.2, 0) is 6.42 Å². The van der Waals surface area contributed by atoms with Crippen LogP contribution in [0.5, 0.6) is 0 Å². The lowest BCUT2D eigenvalue weighted by molar-refractivity contribution is 0.530. The third kappa shape index (κ3) is 2.08. The summed E-state index contributed by atoms with van der Waals surface area (Å²) in [6.45, 7) is 1.14. The van der Waals surface area contributed by atoms with Gasteiger partial charge in [0.05, 0.1) is 0 Å². The molecule has 0 bridgehead atoms. The van der Waals surface area contributed by atoms with Crippen molar-refractivity contribution in [1.29, 1.82) is 0 Å². The van der Waals surface area contributed by atoms with Crippen LogP contribution in [0.2, 0.25) is 0 Å². The van der Waals surface area contributed by atoms with Gasteiger partial charge in [-0.1, -0.05) is 54.6 Å². The molecule has 2 aromatic rings. The summed E-state index contributed by atoms with van der Waals surface area (Å²) >= 11 is 0. The first kappa shape index (κ1) is 11.2. The Morgan fingerprint density at radius 2 is 1.74 bits per heavy atom. The Morgan fingerprint density at radius 3 is 2.58 bits per heavy atom. The average Bonchev–Trinajstić information content (AvgIpc) is 3.20. The fourth-order valence-corrected chi connectivity index (χ4v) is 3.33. The van der Waals surface area contributed by atoms with Crippen LogP contribution < -0.4 is 5.32 Å². The molecule has 96 valence electrons. The zero-order chi connectivity index (χ0) is 12.7. The maximum absolute atomic E-state index is 3.75. The molecule has 1 heteroatoms. The highest BCUT2D eigenvalue weighted by molar-refractivity contribution is 5.40. The Labute approximate surface area is 114 Å². The smallest absolute Gasteiger partial charge is 0.0143 e. The van der Waals surface area contributed by atoms with E-state index in [1.165, 1.54) is 18.4 Å². The molecule has 0 saturated heterocycles. The molecular weight excluding hydrogens is 230 g/mol. The SMILES string of the molecule is c1ccc(C2CC2NCC2Cc3ccccc32)cc1. The Bertz CT molecular complexity index is 575. The van der Waals surface area contributed by atoms with E-state index in [1.807, 2.05) is 0 Å². The first-order chi connectivity index (χ1) is 9.42. The summed E-state index contributed by atoms with van der Waals surface area (Å²) < 4.78 is 0. The van der Waals surface area contributed by atoms with E-state index in [9.17, 15) is 0 Å². The van der Waals surface area contributed by atoms with Gasteiger partial charge in [0.1, 0.15) is 0 Å². The Morgan fingerprint density at radius 1 is 0.947 bits per heavy atom. The molecule has 1 nitrogen and oxygen atoms in total. The molecule has 2 aliphatic rings. The molecule has 0 aromatic heterocycles. The Kier molecular flexibility index (Phi) is 2.66. The summed E-state index contributed by atoms with van der Waals surface area (Å²) in [5.41, 5.74) is 4.60. The molecule has 2 aliphatic carbocycles. The van der Waals surface area contributed by atoms with E-state index >= 15 is 0 Å². The summed E-state index contributed by atoms with van der Waals surface area (Å²) in [6.07, 6.45) is 2.56. The molecule has 4 rings (SSSR count). The molecule has 0 heterocycles. The van der Waals surface area contributed by atoms with Crippen molar-refractivity contribution in [3.8, 4) is 0 Å². The van der Waals surface area contributed by atoms with Gasteiger partial charge in [-0.15, -0.1) is 0 Å². The first-order valence-electron chi connectivity index (χ1n) is 7.28. The minimum Gasteiger partial charge on any atom is -0.313 e. The Hall–Kier alpha value is -1.60. The van der Waals surface area contributed by atoms with Gasteiger partial charge in [-0.2, -0.15) is 0 Å². The topological polar surface area (TPSA) is 12.0 Å². The molecular formula is C18H19N. The van der Waals surface area contributed by atoms with Crippen molar-refractivity contribution < 1.29 is 0 Å². The average molecular weight is 249 g/mol. The van der Waals surface area contributed by atoms with Crippen LogP contribution in [0.1, 0.15) is 34.9 Å². The van der Waals surface area contributed by atoms with Gasteiger partial charge in [0.15, 0.2) is 0 Å². The predicted octanol–water partition coefficient (Wildman–Crippen LogP) is 3.47. The highest BCUT2D eigenvalue weighted by Gasteiger charge is 2.38. The van der Waals surface area contributed by atoms with Crippen LogP contribution in [0.25, 0.3) is 0 Å². The lowest BCUT2D eigenvalue weighted by Gasteiger charge is -2.30. The lowest BCUT2D eigenvalue weighted by Crippen LogP contribution is -2.30. The van der Waals surface area contributed by atoms with Crippen molar-refractivity contribution >= 4 is 0 Å². The minimum absolute atomic E-state index is 0.704. The minimum atomic E-state index is 0.704. The zero-order valence-electron chi connectivity index (χ0n) is 11.0. The van der Waals surface area contributed by atoms with Gasteiger partial charge < -0.3 is 5.32 Å². The third-order valence-electron chi connectivity index (χ3n) is 4.61. The highest BCUT2D eigenvalue weighted by atomic mass is 15.0. The van der Waals surface area contributed by atoms with Crippen molar-refractivity contribution in [1.82, 2.24) is 5.32 Å². The number of rotatable bonds is 4. The van der Waals surface area contributed by atoms with E-state index in [4.69, 9.17) is 0 Å². The highest BCUT2D eigenvalue weighted by Crippen LogP contribution is 2.41. The zero-order valence-corrected chi connectivity index (χ0v) is 11.0. The number of hydrogen-bond donors (Lipinski definition) is 1. The Balaban J connectivity index is 1.32. The van der Waals surface area contributed by atoms with Gasteiger partial charge in [0.2, 0.25) is 0 Å².